The van der Waals surface area contributed by atoms with Crippen molar-refractivity contribution in [1.29, 1.82) is 0 Å². The molecule has 0 aliphatic heterocycles. The first kappa shape index (κ1) is 10.3. The minimum absolute atomic E-state index is 0.281. The Kier molecular flexibility index (Phi) is 3.30. The van der Waals surface area contributed by atoms with E-state index in [2.05, 4.69) is 11.8 Å². The van der Waals surface area contributed by atoms with Gasteiger partial charge in [0.15, 0.2) is 0 Å². The zero-order valence-corrected chi connectivity index (χ0v) is 8.42. The topological polar surface area (TPSA) is 43.1 Å². The molecule has 0 unspecified atom stereocenters. The maximum absolute atomic E-state index is 10.1. The second kappa shape index (κ2) is 4.48. The summed E-state index contributed by atoms with van der Waals surface area (Å²) in [4.78, 5) is 10.1. The summed E-state index contributed by atoms with van der Waals surface area (Å²) in [6, 6.07) is 3.85. The molecular formula is C12H13NO. The first-order chi connectivity index (χ1) is 6.65. The zero-order chi connectivity index (χ0) is 10.6. The van der Waals surface area contributed by atoms with Crippen molar-refractivity contribution in [3.8, 4) is 11.8 Å². The third-order valence-electron chi connectivity index (χ3n) is 2.02. The van der Waals surface area contributed by atoms with E-state index in [1.54, 1.807) is 0 Å². The first-order valence-electron chi connectivity index (χ1n) is 4.44. The Balaban J connectivity index is 3.05. The van der Waals surface area contributed by atoms with Gasteiger partial charge in [-0.1, -0.05) is 11.8 Å². The highest BCUT2D eigenvalue weighted by Crippen LogP contribution is 2.16. The van der Waals surface area contributed by atoms with Crippen molar-refractivity contribution in [3.63, 3.8) is 0 Å². The number of carbonyl (C=O) groups excluding carboxylic acids is 1. The molecule has 0 amide bonds. The second-order valence-corrected chi connectivity index (χ2v) is 3.20. The standard InChI is InChI=1S/C12H13NO/c1-9-8-12(13)10(2)7-11(9)5-3-4-6-14/h6-8H,4,13H2,1-2H3. The van der Waals surface area contributed by atoms with E-state index in [1.807, 2.05) is 26.0 Å². The van der Waals surface area contributed by atoms with Gasteiger partial charge in [-0.15, -0.1) is 0 Å². The zero-order valence-electron chi connectivity index (χ0n) is 8.42. The van der Waals surface area contributed by atoms with Gasteiger partial charge in [-0.2, -0.15) is 0 Å². The summed E-state index contributed by atoms with van der Waals surface area (Å²) in [6.45, 7) is 3.90. The number of anilines is 1. The predicted molar refractivity (Wildman–Crippen MR) is 57.9 cm³/mol. The van der Waals surface area contributed by atoms with E-state index in [9.17, 15) is 4.79 Å². The number of aryl methyl sites for hydroxylation is 2. The molecule has 72 valence electrons. The van der Waals surface area contributed by atoms with Crippen molar-refractivity contribution in [2.45, 2.75) is 20.3 Å². The Morgan fingerprint density at radius 3 is 2.71 bits per heavy atom. The van der Waals surface area contributed by atoms with Gasteiger partial charge in [-0.3, -0.25) is 0 Å². The summed E-state index contributed by atoms with van der Waals surface area (Å²) >= 11 is 0. The van der Waals surface area contributed by atoms with Gasteiger partial charge in [0.05, 0.1) is 6.42 Å². The summed E-state index contributed by atoms with van der Waals surface area (Å²) in [5, 5.41) is 0. The van der Waals surface area contributed by atoms with Gasteiger partial charge in [-0.05, 0) is 37.1 Å². The predicted octanol–water partition coefficient (Wildman–Crippen LogP) is 1.83. The molecule has 0 aromatic heterocycles. The molecule has 14 heavy (non-hydrogen) atoms. The lowest BCUT2D eigenvalue weighted by atomic mass is 10.0. The molecule has 2 N–H and O–H groups in total. The van der Waals surface area contributed by atoms with Crippen molar-refractivity contribution < 1.29 is 4.79 Å². The molecule has 1 rings (SSSR count). The Bertz CT molecular complexity index is 410. The maximum Gasteiger partial charge on any atom is 0.131 e. The average Bonchev–Trinajstić information content (AvgIpc) is 2.14. The van der Waals surface area contributed by atoms with Crippen LogP contribution in [0.5, 0.6) is 0 Å². The molecule has 0 fully saturated rings. The van der Waals surface area contributed by atoms with Crippen LogP contribution in [0, 0.1) is 25.7 Å². The highest BCUT2D eigenvalue weighted by molar-refractivity contribution is 5.58. The van der Waals surface area contributed by atoms with Crippen LogP contribution in [0.4, 0.5) is 5.69 Å². The number of carbonyl (C=O) groups is 1. The molecule has 2 nitrogen and oxygen atoms in total. The van der Waals surface area contributed by atoms with Crippen LogP contribution >= 0.6 is 0 Å². The Hall–Kier alpha value is -1.75. The highest BCUT2D eigenvalue weighted by atomic mass is 16.1. The molecule has 0 aliphatic carbocycles. The number of hydrogen-bond donors (Lipinski definition) is 1. The summed E-state index contributed by atoms with van der Waals surface area (Å²) in [7, 11) is 0. The molecule has 0 spiro atoms. The van der Waals surface area contributed by atoms with Crippen molar-refractivity contribution >= 4 is 12.0 Å². The molecule has 1 aromatic rings. The van der Waals surface area contributed by atoms with Crippen LogP contribution in [0.25, 0.3) is 0 Å². The van der Waals surface area contributed by atoms with Crippen molar-refractivity contribution in [1.82, 2.24) is 0 Å². The van der Waals surface area contributed by atoms with E-state index in [-0.39, 0.29) is 6.42 Å². The summed E-state index contributed by atoms with van der Waals surface area (Å²) < 4.78 is 0. The molecule has 0 heterocycles. The van der Waals surface area contributed by atoms with E-state index in [0.717, 1.165) is 28.7 Å². The molecule has 1 aromatic carbocycles. The van der Waals surface area contributed by atoms with Crippen LogP contribution < -0.4 is 5.73 Å². The third-order valence-corrected chi connectivity index (χ3v) is 2.02. The second-order valence-electron chi connectivity index (χ2n) is 3.20. The molecule has 0 saturated carbocycles. The molecular weight excluding hydrogens is 174 g/mol. The monoisotopic (exact) mass is 187 g/mol. The number of nitrogen functional groups attached to an aromatic ring is 1. The lowest BCUT2D eigenvalue weighted by molar-refractivity contribution is -0.107. The van der Waals surface area contributed by atoms with Gasteiger partial charge in [-0.25, -0.2) is 0 Å². The Morgan fingerprint density at radius 1 is 1.36 bits per heavy atom. The van der Waals surface area contributed by atoms with Crippen LogP contribution in [-0.4, -0.2) is 6.29 Å². The number of benzene rings is 1. The fourth-order valence-electron chi connectivity index (χ4n) is 1.16. The third kappa shape index (κ3) is 2.37. The highest BCUT2D eigenvalue weighted by Gasteiger charge is 1.98. The van der Waals surface area contributed by atoms with Gasteiger partial charge in [0.25, 0.3) is 0 Å². The van der Waals surface area contributed by atoms with Crippen LogP contribution in [0.15, 0.2) is 12.1 Å². The minimum Gasteiger partial charge on any atom is -0.399 e. The van der Waals surface area contributed by atoms with Crippen molar-refractivity contribution in [2.75, 3.05) is 5.73 Å². The number of rotatable bonds is 1. The first-order valence-corrected chi connectivity index (χ1v) is 4.44. The average molecular weight is 187 g/mol. The van der Waals surface area contributed by atoms with E-state index in [4.69, 9.17) is 5.73 Å². The Labute approximate surface area is 84.1 Å². The van der Waals surface area contributed by atoms with Gasteiger partial charge in [0.2, 0.25) is 0 Å². The SMILES string of the molecule is Cc1cc(C#CCC=O)c(C)cc1N. The molecule has 2 heteroatoms. The van der Waals surface area contributed by atoms with Crippen LogP contribution in [0.2, 0.25) is 0 Å². The van der Waals surface area contributed by atoms with Gasteiger partial charge < -0.3 is 10.5 Å². The molecule has 0 saturated heterocycles. The molecule has 0 radical (unpaired) electrons. The largest absolute Gasteiger partial charge is 0.399 e. The van der Waals surface area contributed by atoms with E-state index < -0.39 is 0 Å². The smallest absolute Gasteiger partial charge is 0.131 e. The van der Waals surface area contributed by atoms with Gasteiger partial charge >= 0.3 is 0 Å². The molecule has 0 bridgehead atoms. The summed E-state index contributed by atoms with van der Waals surface area (Å²) in [5.41, 5.74) is 9.53. The fourth-order valence-corrected chi connectivity index (χ4v) is 1.16. The fraction of sp³-hybridized carbons (Fsp3) is 0.250. The minimum atomic E-state index is 0.281. The van der Waals surface area contributed by atoms with E-state index in [1.165, 1.54) is 0 Å². The summed E-state index contributed by atoms with van der Waals surface area (Å²) in [6.07, 6.45) is 1.08. The quantitative estimate of drug-likeness (QED) is 0.414. The lowest BCUT2D eigenvalue weighted by Gasteiger charge is -2.03. The Morgan fingerprint density at radius 2 is 2.07 bits per heavy atom. The van der Waals surface area contributed by atoms with Crippen LogP contribution in [0.1, 0.15) is 23.1 Å². The van der Waals surface area contributed by atoms with Gasteiger partial charge in [0.1, 0.15) is 6.29 Å². The number of hydrogen-bond acceptors (Lipinski definition) is 2. The van der Waals surface area contributed by atoms with Gasteiger partial charge in [0, 0.05) is 11.3 Å². The number of nitrogens with two attached hydrogens (primary N) is 1. The number of aldehydes is 1. The van der Waals surface area contributed by atoms with E-state index in [0.29, 0.717) is 0 Å². The van der Waals surface area contributed by atoms with E-state index >= 15 is 0 Å². The van der Waals surface area contributed by atoms with Crippen LogP contribution in [0.3, 0.4) is 0 Å². The molecule has 0 atom stereocenters. The van der Waals surface area contributed by atoms with Crippen LogP contribution in [-0.2, 0) is 4.79 Å². The molecule has 0 aliphatic rings. The lowest BCUT2D eigenvalue weighted by Crippen LogP contribution is -1.93. The summed E-state index contributed by atoms with van der Waals surface area (Å²) in [5.74, 6) is 5.73. The van der Waals surface area contributed by atoms with Crippen molar-refractivity contribution in [3.05, 3.63) is 28.8 Å². The maximum atomic E-state index is 10.1. The van der Waals surface area contributed by atoms with Crippen molar-refractivity contribution in [2.24, 2.45) is 0 Å². The normalized spacial score (nSPS) is 9.00.